The molecule has 0 rings (SSSR count). The molecule has 0 radical (unpaired) electrons. The molecule has 0 heterocycles. The second-order valence-corrected chi connectivity index (χ2v) is 10.1. The lowest BCUT2D eigenvalue weighted by atomic mass is 10.1. The first kappa shape index (κ1) is 16.0. The van der Waals surface area contributed by atoms with Crippen LogP contribution in [-0.2, 0) is 9.53 Å². The van der Waals surface area contributed by atoms with E-state index in [0.717, 1.165) is 6.42 Å². The van der Waals surface area contributed by atoms with E-state index in [1.807, 2.05) is 13.0 Å². The van der Waals surface area contributed by atoms with E-state index in [1.165, 1.54) is 0 Å². The second kappa shape index (κ2) is 7.34. The summed E-state index contributed by atoms with van der Waals surface area (Å²) < 4.78 is 4.93. The molecular formula is C14H24O2Si. The molecule has 0 aromatic heterocycles. The third kappa shape index (κ3) is 8.76. The summed E-state index contributed by atoms with van der Waals surface area (Å²) in [6, 6.07) is 0. The summed E-state index contributed by atoms with van der Waals surface area (Å²) in [5.41, 5.74) is 4.00. The molecule has 0 spiro atoms. The molecule has 2 nitrogen and oxygen atoms in total. The van der Waals surface area contributed by atoms with Crippen molar-refractivity contribution in [3.05, 3.63) is 11.6 Å². The van der Waals surface area contributed by atoms with Crippen LogP contribution in [0.2, 0.25) is 19.6 Å². The zero-order valence-electron chi connectivity index (χ0n) is 11.9. The van der Waals surface area contributed by atoms with Gasteiger partial charge < -0.3 is 4.74 Å². The molecule has 0 aromatic rings. The standard InChI is InChI=1S/C14H24O2Si/c1-7-16-14(15)13(3)11-12(2)9-8-10-17(4,5)6/h11-12H,7,9H2,1-6H3/b13-11+/t12-/m0/s1. The van der Waals surface area contributed by atoms with Crippen LogP contribution >= 0.6 is 0 Å². The van der Waals surface area contributed by atoms with Crippen LogP contribution < -0.4 is 0 Å². The molecule has 0 aliphatic rings. The highest BCUT2D eigenvalue weighted by atomic mass is 28.3. The van der Waals surface area contributed by atoms with Gasteiger partial charge in [-0.05, 0) is 19.8 Å². The van der Waals surface area contributed by atoms with Gasteiger partial charge in [0.15, 0.2) is 0 Å². The maximum atomic E-state index is 11.4. The third-order valence-electron chi connectivity index (χ3n) is 2.02. The Morgan fingerprint density at radius 1 is 1.41 bits per heavy atom. The first-order valence-electron chi connectivity index (χ1n) is 6.12. The summed E-state index contributed by atoms with van der Waals surface area (Å²) >= 11 is 0. The summed E-state index contributed by atoms with van der Waals surface area (Å²) in [5, 5.41) is 0. The molecule has 0 aromatic carbocycles. The van der Waals surface area contributed by atoms with E-state index < -0.39 is 8.07 Å². The first-order valence-corrected chi connectivity index (χ1v) is 9.62. The summed E-state index contributed by atoms with van der Waals surface area (Å²) in [6.07, 6.45) is 2.75. The number of carbonyl (C=O) groups is 1. The molecule has 0 unspecified atom stereocenters. The molecule has 1 atom stereocenters. The summed E-state index contributed by atoms with van der Waals surface area (Å²) in [6.45, 7) is 12.8. The molecule has 0 saturated heterocycles. The fourth-order valence-corrected chi connectivity index (χ4v) is 1.91. The Hall–Kier alpha value is -1.01. The van der Waals surface area contributed by atoms with Crippen molar-refractivity contribution < 1.29 is 9.53 Å². The largest absolute Gasteiger partial charge is 0.463 e. The maximum Gasteiger partial charge on any atom is 0.333 e. The van der Waals surface area contributed by atoms with Crippen LogP contribution in [0.3, 0.4) is 0 Å². The van der Waals surface area contributed by atoms with Crippen LogP contribution in [0.5, 0.6) is 0 Å². The zero-order valence-corrected chi connectivity index (χ0v) is 12.9. The highest BCUT2D eigenvalue weighted by Crippen LogP contribution is 2.08. The van der Waals surface area contributed by atoms with E-state index in [-0.39, 0.29) is 5.97 Å². The van der Waals surface area contributed by atoms with E-state index in [9.17, 15) is 4.79 Å². The van der Waals surface area contributed by atoms with Gasteiger partial charge in [0, 0.05) is 12.0 Å². The van der Waals surface area contributed by atoms with E-state index in [0.29, 0.717) is 18.1 Å². The molecule has 3 heteroatoms. The number of esters is 1. The van der Waals surface area contributed by atoms with Crippen molar-refractivity contribution in [2.45, 2.75) is 46.8 Å². The Morgan fingerprint density at radius 3 is 2.47 bits per heavy atom. The van der Waals surface area contributed by atoms with Crippen molar-refractivity contribution >= 4 is 14.0 Å². The van der Waals surface area contributed by atoms with Gasteiger partial charge in [0.25, 0.3) is 0 Å². The minimum atomic E-state index is -1.27. The van der Waals surface area contributed by atoms with Crippen LogP contribution in [0.15, 0.2) is 11.6 Å². The van der Waals surface area contributed by atoms with Crippen LogP contribution in [0, 0.1) is 17.4 Å². The average molecular weight is 252 g/mol. The number of rotatable bonds is 4. The van der Waals surface area contributed by atoms with Crippen LogP contribution in [0.25, 0.3) is 0 Å². The molecule has 0 amide bonds. The maximum absolute atomic E-state index is 11.4. The number of carbonyl (C=O) groups excluding carboxylic acids is 1. The minimum absolute atomic E-state index is 0.225. The molecule has 17 heavy (non-hydrogen) atoms. The fourth-order valence-electron chi connectivity index (χ4n) is 1.28. The van der Waals surface area contributed by atoms with Gasteiger partial charge in [0.1, 0.15) is 8.07 Å². The SMILES string of the molecule is CCOC(=O)/C(C)=C/[C@@H](C)CC#C[Si](C)(C)C. The van der Waals surface area contributed by atoms with Crippen LogP contribution in [0.4, 0.5) is 0 Å². The van der Waals surface area contributed by atoms with Crippen molar-refractivity contribution in [1.29, 1.82) is 0 Å². The summed E-state index contributed by atoms with van der Waals surface area (Å²) in [7, 11) is -1.27. The number of hydrogen-bond acceptors (Lipinski definition) is 2. The fraction of sp³-hybridized carbons (Fsp3) is 0.643. The minimum Gasteiger partial charge on any atom is -0.463 e. The lowest BCUT2D eigenvalue weighted by molar-refractivity contribution is -0.138. The van der Waals surface area contributed by atoms with Crippen LogP contribution in [-0.4, -0.2) is 20.7 Å². The Balaban J connectivity index is 4.33. The topological polar surface area (TPSA) is 26.3 Å². The third-order valence-corrected chi connectivity index (χ3v) is 2.95. The van der Waals surface area contributed by atoms with Gasteiger partial charge in [-0.15, -0.1) is 11.5 Å². The van der Waals surface area contributed by atoms with Crippen molar-refractivity contribution in [1.82, 2.24) is 0 Å². The second-order valence-electron chi connectivity index (χ2n) is 5.30. The lowest BCUT2D eigenvalue weighted by Gasteiger charge is -2.06. The molecule has 0 aliphatic heterocycles. The highest BCUT2D eigenvalue weighted by molar-refractivity contribution is 6.83. The van der Waals surface area contributed by atoms with E-state index >= 15 is 0 Å². The molecule has 0 N–H and O–H groups in total. The van der Waals surface area contributed by atoms with Gasteiger partial charge >= 0.3 is 5.97 Å². The predicted octanol–water partition coefficient (Wildman–Crippen LogP) is 3.40. The van der Waals surface area contributed by atoms with Gasteiger partial charge in [-0.3, -0.25) is 0 Å². The number of ether oxygens (including phenoxy) is 1. The van der Waals surface area contributed by atoms with Crippen molar-refractivity contribution in [2.75, 3.05) is 6.61 Å². The van der Waals surface area contributed by atoms with Crippen molar-refractivity contribution in [3.8, 4) is 11.5 Å². The summed E-state index contributed by atoms with van der Waals surface area (Å²) in [5.74, 6) is 3.29. The number of hydrogen-bond donors (Lipinski definition) is 0. The quantitative estimate of drug-likeness (QED) is 0.332. The Morgan fingerprint density at radius 2 is 2.00 bits per heavy atom. The number of allylic oxidation sites excluding steroid dienone is 1. The van der Waals surface area contributed by atoms with Gasteiger partial charge in [-0.1, -0.05) is 32.6 Å². The van der Waals surface area contributed by atoms with Gasteiger partial charge in [0.2, 0.25) is 0 Å². The molecule has 96 valence electrons. The molecule has 0 saturated carbocycles. The van der Waals surface area contributed by atoms with Gasteiger partial charge in [-0.2, -0.15) is 0 Å². The average Bonchev–Trinajstić information content (AvgIpc) is 2.15. The van der Waals surface area contributed by atoms with Crippen molar-refractivity contribution in [3.63, 3.8) is 0 Å². The monoisotopic (exact) mass is 252 g/mol. The van der Waals surface area contributed by atoms with E-state index in [2.05, 4.69) is 38.0 Å². The normalized spacial score (nSPS) is 13.6. The van der Waals surface area contributed by atoms with E-state index in [1.54, 1.807) is 6.92 Å². The Bertz CT molecular complexity index is 339. The van der Waals surface area contributed by atoms with Gasteiger partial charge in [-0.25, -0.2) is 4.79 Å². The van der Waals surface area contributed by atoms with E-state index in [4.69, 9.17) is 4.74 Å². The van der Waals surface area contributed by atoms with Crippen LogP contribution in [0.1, 0.15) is 27.2 Å². The zero-order chi connectivity index (χ0) is 13.5. The molecule has 0 bridgehead atoms. The van der Waals surface area contributed by atoms with Gasteiger partial charge in [0.05, 0.1) is 6.61 Å². The Kier molecular flexibility index (Phi) is 6.90. The first-order chi connectivity index (χ1) is 7.76. The molecular weight excluding hydrogens is 228 g/mol. The Labute approximate surface area is 106 Å². The predicted molar refractivity (Wildman–Crippen MR) is 75.3 cm³/mol. The molecule has 0 aliphatic carbocycles. The summed E-state index contributed by atoms with van der Waals surface area (Å²) in [4.78, 5) is 11.4. The lowest BCUT2D eigenvalue weighted by Crippen LogP contribution is -2.16. The van der Waals surface area contributed by atoms with Crippen molar-refractivity contribution in [2.24, 2.45) is 5.92 Å². The highest BCUT2D eigenvalue weighted by Gasteiger charge is 2.08. The smallest absolute Gasteiger partial charge is 0.333 e. The molecule has 0 fully saturated rings.